The first-order chi connectivity index (χ1) is 15.7. The van der Waals surface area contributed by atoms with Crippen LogP contribution in [0.5, 0.6) is 11.5 Å². The maximum atomic E-state index is 10.0. The molecule has 0 spiro atoms. The Morgan fingerprint density at radius 3 is 2.59 bits per heavy atom. The normalized spacial score (nSPS) is 14.2. The number of hydrogen-bond acceptors (Lipinski definition) is 7. The van der Waals surface area contributed by atoms with Gasteiger partial charge in [-0.25, -0.2) is 0 Å². The summed E-state index contributed by atoms with van der Waals surface area (Å²) in [5.74, 6) is 2.44. The molecule has 2 heterocycles. The number of rotatable bonds is 7. The first kappa shape index (κ1) is 21.4. The summed E-state index contributed by atoms with van der Waals surface area (Å²) >= 11 is 0. The molecule has 3 aromatic rings. The third kappa shape index (κ3) is 4.43. The largest absolute Gasteiger partial charge is 0.493 e. The Morgan fingerprint density at radius 1 is 1.12 bits per heavy atom. The predicted octanol–water partition coefficient (Wildman–Crippen LogP) is 3.58. The lowest BCUT2D eigenvalue weighted by molar-refractivity contribution is 0.122. The molecule has 1 aliphatic heterocycles. The smallest absolute Gasteiger partial charge is 0.232 e. The molecule has 0 atom stereocenters. The lowest BCUT2D eigenvalue weighted by Crippen LogP contribution is -2.38. The molecule has 1 aliphatic rings. The number of hydrogen-bond donors (Lipinski definition) is 0. The minimum absolute atomic E-state index is 0.397. The van der Waals surface area contributed by atoms with Gasteiger partial charge in [0.1, 0.15) is 6.07 Å². The van der Waals surface area contributed by atoms with Crippen LogP contribution in [0, 0.1) is 11.3 Å². The van der Waals surface area contributed by atoms with Crippen LogP contribution in [0.4, 0.5) is 5.95 Å². The molecule has 164 valence electrons. The maximum absolute atomic E-state index is 10.0. The highest BCUT2D eigenvalue weighted by Gasteiger charge is 2.23. The van der Waals surface area contributed by atoms with Crippen LogP contribution < -0.4 is 14.4 Å². The summed E-state index contributed by atoms with van der Waals surface area (Å²) in [6, 6.07) is 17.7. The Labute approximate surface area is 187 Å². The van der Waals surface area contributed by atoms with Crippen molar-refractivity contribution in [2.75, 3.05) is 44.9 Å². The molecule has 0 aliphatic carbocycles. The van der Waals surface area contributed by atoms with Crippen LogP contribution in [-0.4, -0.2) is 54.8 Å². The minimum atomic E-state index is 0.397. The molecule has 4 rings (SSSR count). The van der Waals surface area contributed by atoms with Crippen molar-refractivity contribution in [2.45, 2.75) is 6.92 Å². The Kier molecular flexibility index (Phi) is 6.68. The van der Waals surface area contributed by atoms with E-state index in [0.29, 0.717) is 61.8 Å². The van der Waals surface area contributed by atoms with Crippen LogP contribution >= 0.6 is 0 Å². The molecule has 0 amide bonds. The molecule has 8 nitrogen and oxygen atoms in total. The number of para-hydroxylation sites is 1. The van der Waals surface area contributed by atoms with Gasteiger partial charge in [0.25, 0.3) is 0 Å². The van der Waals surface area contributed by atoms with E-state index in [9.17, 15) is 5.26 Å². The van der Waals surface area contributed by atoms with E-state index in [1.165, 1.54) is 0 Å². The van der Waals surface area contributed by atoms with Gasteiger partial charge in [0.05, 0.1) is 38.2 Å². The van der Waals surface area contributed by atoms with E-state index < -0.39 is 0 Å². The fourth-order valence-electron chi connectivity index (χ4n) is 3.60. The number of aromatic nitrogens is 3. The van der Waals surface area contributed by atoms with Gasteiger partial charge in [-0.05, 0) is 42.8 Å². The van der Waals surface area contributed by atoms with Gasteiger partial charge in [-0.15, -0.1) is 10.2 Å². The molecule has 0 N–H and O–H groups in total. The molecule has 0 unspecified atom stereocenters. The average molecular weight is 431 g/mol. The summed E-state index contributed by atoms with van der Waals surface area (Å²) in [4.78, 5) is 2.13. The Balaban J connectivity index is 1.80. The van der Waals surface area contributed by atoms with Crippen LogP contribution in [-0.2, 0) is 4.74 Å². The third-order valence-corrected chi connectivity index (χ3v) is 5.11. The van der Waals surface area contributed by atoms with E-state index in [4.69, 9.17) is 14.2 Å². The van der Waals surface area contributed by atoms with Crippen molar-refractivity contribution in [3.63, 3.8) is 0 Å². The summed E-state index contributed by atoms with van der Waals surface area (Å²) in [5, 5.41) is 18.9. The first-order valence-corrected chi connectivity index (χ1v) is 10.5. The zero-order valence-electron chi connectivity index (χ0n) is 18.2. The topological polar surface area (TPSA) is 85.4 Å². The summed E-state index contributed by atoms with van der Waals surface area (Å²) in [7, 11) is 1.60. The summed E-state index contributed by atoms with van der Waals surface area (Å²) in [6.45, 7) is 5.12. The Hall–Kier alpha value is -3.83. The highest BCUT2D eigenvalue weighted by atomic mass is 16.5. The molecule has 8 heteroatoms. The summed E-state index contributed by atoms with van der Waals surface area (Å²) in [6.07, 6.45) is 1.79. The molecule has 0 saturated carbocycles. The van der Waals surface area contributed by atoms with Gasteiger partial charge in [0.2, 0.25) is 5.95 Å². The molecule has 2 aromatic carbocycles. The molecule has 1 fully saturated rings. The second kappa shape index (κ2) is 9.98. The van der Waals surface area contributed by atoms with Gasteiger partial charge in [0.15, 0.2) is 17.3 Å². The van der Waals surface area contributed by atoms with Gasteiger partial charge in [-0.1, -0.05) is 24.3 Å². The van der Waals surface area contributed by atoms with E-state index in [1.54, 1.807) is 13.2 Å². The lowest BCUT2D eigenvalue weighted by atomic mass is 10.1. The zero-order chi connectivity index (χ0) is 22.3. The number of ether oxygens (including phenoxy) is 3. The van der Waals surface area contributed by atoms with Crippen molar-refractivity contribution in [3.05, 3.63) is 59.9 Å². The first-order valence-electron chi connectivity index (χ1n) is 10.5. The number of benzene rings is 2. The number of allylic oxidation sites excluding steroid dienone is 1. The van der Waals surface area contributed by atoms with Crippen molar-refractivity contribution in [1.82, 2.24) is 14.8 Å². The highest BCUT2D eigenvalue weighted by molar-refractivity contribution is 5.88. The number of anilines is 1. The van der Waals surface area contributed by atoms with Crippen LogP contribution in [0.25, 0.3) is 17.3 Å². The van der Waals surface area contributed by atoms with Crippen LogP contribution in [0.2, 0.25) is 0 Å². The van der Waals surface area contributed by atoms with Crippen molar-refractivity contribution in [1.29, 1.82) is 5.26 Å². The van der Waals surface area contributed by atoms with Crippen molar-refractivity contribution in [2.24, 2.45) is 0 Å². The third-order valence-electron chi connectivity index (χ3n) is 5.11. The predicted molar refractivity (Wildman–Crippen MR) is 122 cm³/mol. The number of morpholine rings is 1. The van der Waals surface area contributed by atoms with Crippen molar-refractivity contribution < 1.29 is 14.2 Å². The molecular weight excluding hydrogens is 406 g/mol. The quantitative estimate of drug-likeness (QED) is 0.529. The lowest BCUT2D eigenvalue weighted by Gasteiger charge is -2.28. The molecule has 0 bridgehead atoms. The Bertz CT molecular complexity index is 1130. The van der Waals surface area contributed by atoms with Gasteiger partial charge >= 0.3 is 0 Å². The standard InChI is InChI=1S/C24H25N5O3/c1-3-32-22-16-18(9-10-21(22)30-2)15-19(17-25)23-26-27-24(28-11-13-31-14-12-28)29(23)20-7-5-4-6-8-20/h4-10,15-16H,3,11-14H2,1-2H3/b19-15+. The minimum Gasteiger partial charge on any atom is -0.493 e. The van der Waals surface area contributed by atoms with E-state index in [0.717, 1.165) is 11.3 Å². The van der Waals surface area contributed by atoms with Crippen LogP contribution in [0.3, 0.4) is 0 Å². The van der Waals surface area contributed by atoms with Gasteiger partial charge in [-0.2, -0.15) is 5.26 Å². The fraction of sp³-hybridized carbons (Fsp3) is 0.292. The van der Waals surface area contributed by atoms with E-state index >= 15 is 0 Å². The number of nitriles is 1. The van der Waals surface area contributed by atoms with Crippen molar-refractivity contribution >= 4 is 17.6 Å². The van der Waals surface area contributed by atoms with E-state index in [1.807, 2.05) is 60.0 Å². The number of methoxy groups -OCH3 is 1. The SMILES string of the molecule is CCOc1cc(/C=C(\C#N)c2nnc(N3CCOCC3)n2-c2ccccc2)ccc1OC. The molecule has 1 saturated heterocycles. The molecule has 32 heavy (non-hydrogen) atoms. The van der Waals surface area contributed by atoms with Crippen molar-refractivity contribution in [3.8, 4) is 23.3 Å². The van der Waals surface area contributed by atoms with Crippen LogP contribution in [0.1, 0.15) is 18.3 Å². The molecular formula is C24H25N5O3. The molecule has 0 radical (unpaired) electrons. The highest BCUT2D eigenvalue weighted by Crippen LogP contribution is 2.31. The number of nitrogens with zero attached hydrogens (tertiary/aromatic N) is 5. The van der Waals surface area contributed by atoms with Crippen LogP contribution in [0.15, 0.2) is 48.5 Å². The summed E-state index contributed by atoms with van der Waals surface area (Å²) < 4.78 is 18.5. The Morgan fingerprint density at radius 2 is 1.91 bits per heavy atom. The molecule has 1 aromatic heterocycles. The second-order valence-electron chi connectivity index (χ2n) is 7.11. The fourth-order valence-corrected chi connectivity index (χ4v) is 3.60. The van der Waals surface area contributed by atoms with Gasteiger partial charge < -0.3 is 19.1 Å². The van der Waals surface area contributed by atoms with Gasteiger partial charge in [0, 0.05) is 13.1 Å². The van der Waals surface area contributed by atoms with E-state index in [2.05, 4.69) is 21.2 Å². The summed E-state index contributed by atoms with van der Waals surface area (Å²) in [5.41, 5.74) is 2.09. The second-order valence-corrected chi connectivity index (χ2v) is 7.11. The zero-order valence-corrected chi connectivity index (χ0v) is 18.2. The monoisotopic (exact) mass is 431 g/mol. The van der Waals surface area contributed by atoms with E-state index in [-0.39, 0.29) is 0 Å². The maximum Gasteiger partial charge on any atom is 0.232 e. The van der Waals surface area contributed by atoms with Gasteiger partial charge in [-0.3, -0.25) is 4.57 Å². The average Bonchev–Trinajstić information content (AvgIpc) is 3.29.